The van der Waals surface area contributed by atoms with Crippen LogP contribution in [0.3, 0.4) is 0 Å². The van der Waals surface area contributed by atoms with Gasteiger partial charge >= 0.3 is 0 Å². The van der Waals surface area contributed by atoms with Crippen LogP contribution in [-0.2, 0) is 4.79 Å². The second kappa shape index (κ2) is 8.66. The molecule has 2 aromatic carbocycles. The molecule has 31 heavy (non-hydrogen) atoms. The molecule has 0 spiro atoms. The molecule has 9 heteroatoms. The molecule has 0 aliphatic rings. The van der Waals surface area contributed by atoms with Crippen LogP contribution in [0.1, 0.15) is 0 Å². The van der Waals surface area contributed by atoms with E-state index in [0.29, 0.717) is 15.8 Å². The van der Waals surface area contributed by atoms with Crippen LogP contribution < -0.4 is 5.32 Å². The van der Waals surface area contributed by atoms with Crippen molar-refractivity contribution < 1.29 is 4.79 Å². The fourth-order valence-electron chi connectivity index (χ4n) is 3.06. The molecule has 0 aliphatic carbocycles. The Labute approximate surface area is 186 Å². The minimum atomic E-state index is -0.138. The molecule has 0 unspecified atom stereocenters. The Morgan fingerprint density at radius 1 is 1.03 bits per heavy atom. The van der Waals surface area contributed by atoms with E-state index in [1.807, 2.05) is 66.0 Å². The molecule has 0 saturated heterocycles. The maximum Gasteiger partial charge on any atom is 0.236 e. The van der Waals surface area contributed by atoms with Crippen molar-refractivity contribution in [1.29, 1.82) is 0 Å². The highest BCUT2D eigenvalue weighted by Crippen LogP contribution is 2.27. The van der Waals surface area contributed by atoms with Gasteiger partial charge < -0.3 is 5.32 Å². The molecule has 3 aromatic heterocycles. The second-order valence-corrected chi connectivity index (χ2v) is 8.37. The highest BCUT2D eigenvalue weighted by atomic mass is 32.2. The van der Waals surface area contributed by atoms with Gasteiger partial charge in [0.05, 0.1) is 28.7 Å². The number of thioether (sulfide) groups is 1. The molecular formula is C22H16N6OS2. The standard InChI is InChI=1S/C22H16N6OS2/c29-19(27-22-26-18(12-31-22)15-7-3-1-4-8-15)13-30-21-17-11-25-28(20(17)23-14-24-21)16-9-5-2-6-10-16/h1-12,14H,13H2,(H,26,27,29). The van der Waals surface area contributed by atoms with Crippen molar-refractivity contribution in [3.8, 4) is 16.9 Å². The SMILES string of the molecule is O=C(CSc1ncnc2c1cnn2-c1ccccc1)Nc1nc(-c2ccccc2)cs1. The molecule has 0 bridgehead atoms. The van der Waals surface area contributed by atoms with Crippen LogP contribution in [0.15, 0.2) is 83.6 Å². The van der Waals surface area contributed by atoms with Crippen LogP contribution in [0.25, 0.3) is 28.0 Å². The summed E-state index contributed by atoms with van der Waals surface area (Å²) in [6.07, 6.45) is 3.23. The first-order valence-electron chi connectivity index (χ1n) is 9.46. The van der Waals surface area contributed by atoms with E-state index in [1.54, 1.807) is 10.9 Å². The number of anilines is 1. The van der Waals surface area contributed by atoms with Gasteiger partial charge in [0.2, 0.25) is 5.91 Å². The van der Waals surface area contributed by atoms with Gasteiger partial charge in [-0.1, -0.05) is 60.3 Å². The average Bonchev–Trinajstić information content (AvgIpc) is 3.46. The molecule has 3 heterocycles. The molecule has 5 rings (SSSR count). The van der Waals surface area contributed by atoms with Gasteiger partial charge in [0.25, 0.3) is 0 Å². The molecule has 0 aliphatic heterocycles. The minimum absolute atomic E-state index is 0.138. The Morgan fingerprint density at radius 3 is 2.61 bits per heavy atom. The quantitative estimate of drug-likeness (QED) is 0.303. The first-order chi connectivity index (χ1) is 15.3. The predicted molar refractivity (Wildman–Crippen MR) is 124 cm³/mol. The Kier molecular flexibility index (Phi) is 5.42. The normalized spacial score (nSPS) is 11.0. The average molecular weight is 445 g/mol. The summed E-state index contributed by atoms with van der Waals surface area (Å²) in [7, 11) is 0. The van der Waals surface area contributed by atoms with Crippen molar-refractivity contribution in [2.45, 2.75) is 5.03 Å². The number of hydrogen-bond donors (Lipinski definition) is 1. The lowest BCUT2D eigenvalue weighted by atomic mass is 10.2. The largest absolute Gasteiger partial charge is 0.301 e. The third-order valence-corrected chi connectivity index (χ3v) is 6.25. The van der Waals surface area contributed by atoms with Gasteiger partial charge in [0, 0.05) is 10.9 Å². The number of hydrogen-bond acceptors (Lipinski definition) is 7. The summed E-state index contributed by atoms with van der Waals surface area (Å²) in [5.41, 5.74) is 3.49. The molecule has 0 atom stereocenters. The van der Waals surface area contributed by atoms with Crippen molar-refractivity contribution in [2.75, 3.05) is 11.1 Å². The van der Waals surface area contributed by atoms with Gasteiger partial charge in [-0.25, -0.2) is 19.6 Å². The minimum Gasteiger partial charge on any atom is -0.301 e. The third-order valence-electron chi connectivity index (χ3n) is 4.49. The van der Waals surface area contributed by atoms with Crippen LogP contribution in [0, 0.1) is 0 Å². The first-order valence-corrected chi connectivity index (χ1v) is 11.3. The number of nitrogens with one attached hydrogen (secondary N) is 1. The molecule has 0 fully saturated rings. The van der Waals surface area contributed by atoms with E-state index < -0.39 is 0 Å². The number of aromatic nitrogens is 5. The molecule has 0 saturated carbocycles. The van der Waals surface area contributed by atoms with Crippen molar-refractivity contribution in [1.82, 2.24) is 24.7 Å². The molecule has 5 aromatic rings. The number of para-hydroxylation sites is 1. The summed E-state index contributed by atoms with van der Waals surface area (Å²) >= 11 is 2.76. The van der Waals surface area contributed by atoms with Gasteiger partial charge in [-0.05, 0) is 12.1 Å². The van der Waals surface area contributed by atoms with Gasteiger partial charge in [-0.2, -0.15) is 5.10 Å². The number of carbonyl (C=O) groups is 1. The van der Waals surface area contributed by atoms with E-state index >= 15 is 0 Å². The predicted octanol–water partition coefficient (Wildman–Crippen LogP) is 4.67. The van der Waals surface area contributed by atoms with Crippen molar-refractivity contribution in [3.05, 3.63) is 78.6 Å². The summed E-state index contributed by atoms with van der Waals surface area (Å²) in [4.78, 5) is 25.7. The van der Waals surface area contributed by atoms with Gasteiger partial charge in [-0.3, -0.25) is 4.79 Å². The highest BCUT2D eigenvalue weighted by molar-refractivity contribution is 8.00. The lowest BCUT2D eigenvalue weighted by Gasteiger charge is -2.04. The fourth-order valence-corrected chi connectivity index (χ4v) is 4.55. The Balaban J connectivity index is 1.28. The summed E-state index contributed by atoms with van der Waals surface area (Å²) in [6, 6.07) is 19.7. The zero-order valence-corrected chi connectivity index (χ0v) is 17.8. The van der Waals surface area contributed by atoms with E-state index in [1.165, 1.54) is 29.4 Å². The maximum absolute atomic E-state index is 12.5. The topological polar surface area (TPSA) is 85.6 Å². The lowest BCUT2D eigenvalue weighted by Crippen LogP contribution is -2.14. The highest BCUT2D eigenvalue weighted by Gasteiger charge is 2.14. The maximum atomic E-state index is 12.5. The number of nitrogens with zero attached hydrogens (tertiary/aromatic N) is 5. The molecule has 0 radical (unpaired) electrons. The second-order valence-electron chi connectivity index (χ2n) is 6.55. The zero-order chi connectivity index (χ0) is 21.0. The van der Waals surface area contributed by atoms with Crippen LogP contribution in [0.5, 0.6) is 0 Å². The van der Waals surface area contributed by atoms with Gasteiger partial charge in [0.1, 0.15) is 11.4 Å². The van der Waals surface area contributed by atoms with Crippen LogP contribution in [0.4, 0.5) is 5.13 Å². The van der Waals surface area contributed by atoms with Gasteiger partial charge in [0.15, 0.2) is 10.8 Å². The summed E-state index contributed by atoms with van der Waals surface area (Å²) in [5.74, 6) is 0.0734. The summed E-state index contributed by atoms with van der Waals surface area (Å²) in [6.45, 7) is 0. The van der Waals surface area contributed by atoms with Crippen LogP contribution in [-0.4, -0.2) is 36.4 Å². The van der Waals surface area contributed by atoms with E-state index in [0.717, 1.165) is 22.3 Å². The Hall–Kier alpha value is -3.56. The molecule has 1 amide bonds. The van der Waals surface area contributed by atoms with E-state index in [2.05, 4.69) is 25.4 Å². The number of amides is 1. The summed E-state index contributed by atoms with van der Waals surface area (Å²) < 4.78 is 1.77. The number of rotatable bonds is 6. The smallest absolute Gasteiger partial charge is 0.236 e. The number of benzene rings is 2. The Bertz CT molecular complexity index is 1330. The molecule has 1 N–H and O–H groups in total. The fraction of sp³-hybridized carbons (Fsp3) is 0.0455. The van der Waals surface area contributed by atoms with Crippen molar-refractivity contribution in [3.63, 3.8) is 0 Å². The van der Waals surface area contributed by atoms with Crippen LogP contribution >= 0.6 is 23.1 Å². The van der Waals surface area contributed by atoms with E-state index in [4.69, 9.17) is 0 Å². The molecule has 7 nitrogen and oxygen atoms in total. The van der Waals surface area contributed by atoms with Crippen LogP contribution in [0.2, 0.25) is 0 Å². The Morgan fingerprint density at radius 2 is 1.81 bits per heavy atom. The van der Waals surface area contributed by atoms with Crippen molar-refractivity contribution >= 4 is 45.2 Å². The molecule has 152 valence electrons. The number of thiazole rings is 1. The summed E-state index contributed by atoms with van der Waals surface area (Å²) in [5, 5.41) is 11.3. The monoisotopic (exact) mass is 444 g/mol. The zero-order valence-electron chi connectivity index (χ0n) is 16.2. The van der Waals surface area contributed by atoms with Crippen molar-refractivity contribution in [2.24, 2.45) is 0 Å². The number of fused-ring (bicyclic) bond motifs is 1. The van der Waals surface area contributed by atoms with E-state index in [9.17, 15) is 4.79 Å². The molecular weight excluding hydrogens is 428 g/mol. The third kappa shape index (κ3) is 4.18. The lowest BCUT2D eigenvalue weighted by molar-refractivity contribution is -0.113. The first kappa shape index (κ1) is 19.4. The number of carbonyl (C=O) groups excluding carboxylic acids is 1. The van der Waals surface area contributed by atoms with Gasteiger partial charge in [-0.15, -0.1) is 11.3 Å². The van der Waals surface area contributed by atoms with E-state index in [-0.39, 0.29) is 11.7 Å².